The van der Waals surface area contributed by atoms with Gasteiger partial charge in [-0.25, -0.2) is 18.7 Å². The van der Waals surface area contributed by atoms with Gasteiger partial charge in [0, 0.05) is 18.1 Å². The molecule has 0 spiro atoms. The molecule has 12 nitrogen and oxygen atoms in total. The zero-order valence-electron chi connectivity index (χ0n) is 24.1. The van der Waals surface area contributed by atoms with Crippen molar-refractivity contribution in [3.05, 3.63) is 111 Å². The zero-order chi connectivity index (χ0) is 32.1. The van der Waals surface area contributed by atoms with Crippen LogP contribution in [0.3, 0.4) is 0 Å². The SMILES string of the molecule is O=C1[C@H]2N=NN(CC(=O)N3N=C4/C(=C/c5ccc(F)cc5)CCC[C@@H]4[C@H]3c3ccc(F)cc3)[C@H]2C(=O)N1c1ccc([N+](=O)[O-])cc1. The fourth-order valence-electron chi connectivity index (χ4n) is 6.50. The van der Waals surface area contributed by atoms with Crippen LogP contribution >= 0.6 is 0 Å². The fraction of sp³-hybridized carbons (Fsp3) is 0.250. The smallest absolute Gasteiger partial charge is 0.269 e. The number of nitro groups is 1. The first kappa shape index (κ1) is 29.1. The number of hydrogen-bond acceptors (Lipinski definition) is 9. The van der Waals surface area contributed by atoms with Crippen molar-refractivity contribution in [3.8, 4) is 0 Å². The lowest BCUT2D eigenvalue weighted by Gasteiger charge is -2.30. The molecule has 3 amide bonds. The number of imide groups is 1. The maximum absolute atomic E-state index is 14.0. The monoisotopic (exact) mass is 625 g/mol. The van der Waals surface area contributed by atoms with E-state index in [0.29, 0.717) is 17.7 Å². The Balaban J connectivity index is 1.17. The molecular weight excluding hydrogens is 600 g/mol. The van der Waals surface area contributed by atoms with E-state index in [9.17, 15) is 33.3 Å². The molecule has 0 bridgehead atoms. The van der Waals surface area contributed by atoms with Crippen molar-refractivity contribution in [2.75, 3.05) is 11.4 Å². The fourth-order valence-corrected chi connectivity index (χ4v) is 6.50. The Bertz CT molecular complexity index is 1840. The third-order valence-electron chi connectivity index (χ3n) is 8.65. The van der Waals surface area contributed by atoms with Gasteiger partial charge in [0.25, 0.3) is 23.4 Å². The van der Waals surface area contributed by atoms with E-state index < -0.39 is 53.1 Å². The van der Waals surface area contributed by atoms with E-state index in [1.165, 1.54) is 53.5 Å². The van der Waals surface area contributed by atoms with Gasteiger partial charge in [-0.2, -0.15) is 10.2 Å². The highest BCUT2D eigenvalue weighted by Crippen LogP contribution is 2.45. The standard InChI is InChI=1S/C32H25F2N7O5/c33-21-8-4-18(5-9-21)16-20-2-1-3-25-27(20)36-40(29(25)19-6-10-22(34)11-7-19)26(42)17-38-30-28(35-37-38)31(43)39(32(30)44)23-12-14-24(15-13-23)41(45)46/h4-16,25,28-30H,1-3,17H2/b20-16+/t25-,28-,29+,30+/m0/s1. The van der Waals surface area contributed by atoms with Crippen LogP contribution in [-0.4, -0.2) is 57.0 Å². The number of nitrogens with zero attached hydrogens (tertiary/aromatic N) is 7. The van der Waals surface area contributed by atoms with Gasteiger partial charge < -0.3 is 0 Å². The number of amides is 3. The first-order valence-corrected chi connectivity index (χ1v) is 14.6. The Hall–Kier alpha value is -5.66. The van der Waals surface area contributed by atoms with Crippen molar-refractivity contribution in [3.63, 3.8) is 0 Å². The maximum Gasteiger partial charge on any atom is 0.269 e. The number of hydrogen-bond donors (Lipinski definition) is 0. The van der Waals surface area contributed by atoms with Crippen LogP contribution in [0.2, 0.25) is 0 Å². The Kier molecular flexibility index (Phi) is 7.18. The molecule has 14 heteroatoms. The maximum atomic E-state index is 14.0. The predicted octanol–water partition coefficient (Wildman–Crippen LogP) is 4.99. The molecule has 46 heavy (non-hydrogen) atoms. The summed E-state index contributed by atoms with van der Waals surface area (Å²) in [6, 6.07) is 14.0. The van der Waals surface area contributed by atoms with Crippen LogP contribution in [0.4, 0.5) is 20.2 Å². The van der Waals surface area contributed by atoms with Gasteiger partial charge in [-0.1, -0.05) is 29.5 Å². The highest BCUT2D eigenvalue weighted by molar-refractivity contribution is 6.25. The Morgan fingerprint density at radius 1 is 0.935 bits per heavy atom. The van der Waals surface area contributed by atoms with Gasteiger partial charge in [-0.05, 0) is 78.4 Å². The second-order valence-electron chi connectivity index (χ2n) is 11.4. The molecule has 4 atom stereocenters. The lowest BCUT2D eigenvalue weighted by molar-refractivity contribution is -0.384. The topological polar surface area (TPSA) is 141 Å². The molecule has 1 saturated carbocycles. The average Bonchev–Trinajstić information content (AvgIpc) is 3.72. The minimum absolute atomic E-state index is 0.142. The first-order chi connectivity index (χ1) is 22.2. The highest BCUT2D eigenvalue weighted by atomic mass is 19.1. The Morgan fingerprint density at radius 2 is 1.61 bits per heavy atom. The van der Waals surface area contributed by atoms with Gasteiger partial charge in [-0.15, -0.1) is 0 Å². The molecule has 3 aliphatic heterocycles. The molecule has 0 unspecified atom stereocenters. The Labute approximate surface area is 260 Å². The molecule has 0 radical (unpaired) electrons. The second-order valence-corrected chi connectivity index (χ2v) is 11.4. The number of nitro benzene ring substituents is 1. The molecule has 3 heterocycles. The largest absolute Gasteiger partial charge is 0.271 e. The van der Waals surface area contributed by atoms with Crippen LogP contribution in [0, 0.1) is 27.7 Å². The van der Waals surface area contributed by atoms with E-state index in [-0.39, 0.29) is 23.1 Å². The summed E-state index contributed by atoms with van der Waals surface area (Å²) in [5.74, 6) is -2.81. The number of hydrazone groups is 1. The van der Waals surface area contributed by atoms with Crippen LogP contribution in [-0.2, 0) is 14.4 Å². The van der Waals surface area contributed by atoms with Crippen LogP contribution < -0.4 is 4.90 Å². The number of carbonyl (C=O) groups excluding carboxylic acids is 3. The number of halogens is 2. The Morgan fingerprint density at radius 3 is 2.28 bits per heavy atom. The zero-order valence-corrected chi connectivity index (χ0v) is 24.1. The molecular formula is C32H25F2N7O5. The molecule has 4 aliphatic rings. The van der Waals surface area contributed by atoms with Crippen molar-refractivity contribution < 1.29 is 28.1 Å². The summed E-state index contributed by atoms with van der Waals surface area (Å²) in [6.45, 7) is -0.421. The van der Waals surface area contributed by atoms with Crippen molar-refractivity contribution in [1.29, 1.82) is 0 Å². The van der Waals surface area contributed by atoms with Crippen molar-refractivity contribution in [2.24, 2.45) is 21.4 Å². The van der Waals surface area contributed by atoms with Crippen molar-refractivity contribution in [1.82, 2.24) is 10.0 Å². The van der Waals surface area contributed by atoms with E-state index in [2.05, 4.69) is 10.3 Å². The van der Waals surface area contributed by atoms with Crippen LogP contribution in [0.1, 0.15) is 36.4 Å². The van der Waals surface area contributed by atoms with Crippen LogP contribution in [0.25, 0.3) is 6.08 Å². The quantitative estimate of drug-likeness (QED) is 0.215. The molecule has 0 N–H and O–H groups in total. The van der Waals surface area contributed by atoms with Gasteiger partial charge in [0.1, 0.15) is 18.2 Å². The molecule has 1 saturated heterocycles. The highest BCUT2D eigenvalue weighted by Gasteiger charge is 2.55. The number of rotatable bonds is 6. The summed E-state index contributed by atoms with van der Waals surface area (Å²) in [7, 11) is 0. The lowest BCUT2D eigenvalue weighted by atomic mass is 9.77. The van der Waals surface area contributed by atoms with Gasteiger partial charge in [0.05, 0.1) is 22.4 Å². The summed E-state index contributed by atoms with van der Waals surface area (Å²) in [5.41, 5.74) is 3.02. The van der Waals surface area contributed by atoms with E-state index in [4.69, 9.17) is 5.10 Å². The van der Waals surface area contributed by atoms with E-state index >= 15 is 0 Å². The number of carbonyl (C=O) groups is 3. The summed E-state index contributed by atoms with van der Waals surface area (Å²) in [6.07, 6.45) is 4.16. The number of fused-ring (bicyclic) bond motifs is 2. The summed E-state index contributed by atoms with van der Waals surface area (Å²) >= 11 is 0. The van der Waals surface area contributed by atoms with Crippen molar-refractivity contribution >= 4 is 40.9 Å². The molecule has 2 fully saturated rings. The lowest BCUT2D eigenvalue weighted by Crippen LogP contribution is -2.45. The normalized spacial score (nSPS) is 24.4. The second kappa shape index (κ2) is 11.4. The molecule has 3 aromatic carbocycles. The van der Waals surface area contributed by atoms with E-state index in [1.54, 1.807) is 24.3 Å². The van der Waals surface area contributed by atoms with Gasteiger partial charge in [-0.3, -0.25) is 29.5 Å². The van der Waals surface area contributed by atoms with Crippen LogP contribution in [0.5, 0.6) is 0 Å². The minimum Gasteiger partial charge on any atom is -0.271 e. The number of allylic oxidation sites excluding steroid dienone is 1. The molecule has 3 aromatic rings. The molecule has 7 rings (SSSR count). The van der Waals surface area contributed by atoms with Gasteiger partial charge >= 0.3 is 0 Å². The molecule has 0 aromatic heterocycles. The number of benzene rings is 3. The number of non-ortho nitro benzene ring substituents is 1. The number of anilines is 1. The van der Waals surface area contributed by atoms with E-state index in [0.717, 1.165) is 33.9 Å². The third kappa shape index (κ3) is 5.01. The average molecular weight is 626 g/mol. The summed E-state index contributed by atoms with van der Waals surface area (Å²) < 4.78 is 27.4. The predicted molar refractivity (Wildman–Crippen MR) is 160 cm³/mol. The molecule has 232 valence electrons. The van der Waals surface area contributed by atoms with E-state index in [1.807, 2.05) is 6.08 Å². The van der Waals surface area contributed by atoms with Gasteiger partial charge in [0.2, 0.25) is 0 Å². The minimum atomic E-state index is -1.18. The molecule has 1 aliphatic carbocycles. The first-order valence-electron chi connectivity index (χ1n) is 14.6. The van der Waals surface area contributed by atoms with Gasteiger partial charge in [0.15, 0.2) is 12.1 Å². The van der Waals surface area contributed by atoms with Crippen molar-refractivity contribution in [2.45, 2.75) is 37.4 Å². The van der Waals surface area contributed by atoms with Crippen LogP contribution in [0.15, 0.2) is 93.8 Å². The third-order valence-corrected chi connectivity index (χ3v) is 8.65. The summed E-state index contributed by atoms with van der Waals surface area (Å²) in [4.78, 5) is 52.0. The summed E-state index contributed by atoms with van der Waals surface area (Å²) in [5, 5.41) is 26.3.